The Morgan fingerprint density at radius 3 is 2.48 bits per heavy atom. The molecule has 1 aromatic carbocycles. The Balaban J connectivity index is 1.79. The van der Waals surface area contributed by atoms with Gasteiger partial charge in [0.1, 0.15) is 11.6 Å². The first-order valence-electron chi connectivity index (χ1n) is 7.28. The van der Waals surface area contributed by atoms with Crippen LogP contribution in [0.15, 0.2) is 18.2 Å². The van der Waals surface area contributed by atoms with Crippen molar-refractivity contribution in [2.75, 3.05) is 19.7 Å². The fraction of sp³-hybridized carbons (Fsp3) is 0.533. The zero-order valence-corrected chi connectivity index (χ0v) is 11.6. The summed E-state index contributed by atoms with van der Waals surface area (Å²) in [4.78, 5) is 18.0. The van der Waals surface area contributed by atoms with E-state index in [4.69, 9.17) is 4.84 Å². The van der Waals surface area contributed by atoms with Crippen LogP contribution >= 0.6 is 0 Å². The molecule has 0 aliphatic carbocycles. The summed E-state index contributed by atoms with van der Waals surface area (Å²) < 4.78 is 26.7. The van der Waals surface area contributed by atoms with Crippen LogP contribution in [0.3, 0.4) is 0 Å². The van der Waals surface area contributed by atoms with Gasteiger partial charge in [-0.2, -0.15) is 0 Å². The summed E-state index contributed by atoms with van der Waals surface area (Å²) in [6.45, 7) is 2.01. The van der Waals surface area contributed by atoms with Crippen molar-refractivity contribution in [3.05, 3.63) is 35.4 Å². The number of carbonyl (C=O) groups is 1. The average Bonchev–Trinajstić information content (AvgIpc) is 2.96. The van der Waals surface area contributed by atoms with Crippen molar-refractivity contribution in [2.24, 2.45) is 5.92 Å². The molecule has 6 heteroatoms. The Morgan fingerprint density at radius 2 is 1.81 bits per heavy atom. The highest BCUT2D eigenvalue weighted by Gasteiger charge is 2.36. The minimum absolute atomic E-state index is 0.0785. The van der Waals surface area contributed by atoms with E-state index in [9.17, 15) is 13.6 Å². The van der Waals surface area contributed by atoms with E-state index < -0.39 is 17.7 Å². The molecule has 1 atom stereocenters. The number of amides is 1. The molecule has 0 bridgehead atoms. The molecule has 4 nitrogen and oxygen atoms in total. The molecule has 1 N–H and O–H groups in total. The number of hydroxylamine groups is 2. The quantitative estimate of drug-likeness (QED) is 0.909. The third kappa shape index (κ3) is 3.06. The van der Waals surface area contributed by atoms with Crippen LogP contribution < -0.4 is 5.32 Å². The van der Waals surface area contributed by atoms with Crippen molar-refractivity contribution in [1.29, 1.82) is 0 Å². The van der Waals surface area contributed by atoms with Crippen molar-refractivity contribution in [3.8, 4) is 0 Å². The lowest BCUT2D eigenvalue weighted by molar-refractivity contribution is -0.182. The summed E-state index contributed by atoms with van der Waals surface area (Å²) in [5.41, 5.74) is 0.451. The molecule has 2 heterocycles. The molecule has 2 aliphatic heterocycles. The van der Waals surface area contributed by atoms with Gasteiger partial charge in [0.15, 0.2) is 0 Å². The highest BCUT2D eigenvalue weighted by Crippen LogP contribution is 2.33. The van der Waals surface area contributed by atoms with Crippen LogP contribution in [0.2, 0.25) is 0 Å². The first kappa shape index (κ1) is 14.4. The summed E-state index contributed by atoms with van der Waals surface area (Å²) >= 11 is 0. The van der Waals surface area contributed by atoms with E-state index in [1.165, 1.54) is 17.2 Å². The van der Waals surface area contributed by atoms with Crippen LogP contribution in [0.5, 0.6) is 0 Å². The van der Waals surface area contributed by atoms with Crippen LogP contribution in [0.25, 0.3) is 0 Å². The molecule has 1 aromatic rings. The number of benzene rings is 1. The summed E-state index contributed by atoms with van der Waals surface area (Å²) in [7, 11) is 0. The molecular formula is C15H18F2N2O2. The number of hydrogen-bond acceptors (Lipinski definition) is 3. The van der Waals surface area contributed by atoms with E-state index in [1.807, 2.05) is 0 Å². The maximum atomic E-state index is 13.4. The first-order chi connectivity index (χ1) is 10.1. The van der Waals surface area contributed by atoms with E-state index in [2.05, 4.69) is 5.32 Å². The van der Waals surface area contributed by atoms with Gasteiger partial charge in [-0.15, -0.1) is 0 Å². The van der Waals surface area contributed by atoms with Crippen molar-refractivity contribution in [1.82, 2.24) is 10.4 Å². The molecule has 0 aromatic heterocycles. The van der Waals surface area contributed by atoms with E-state index in [0.717, 1.165) is 32.0 Å². The van der Waals surface area contributed by atoms with Crippen LogP contribution in [0, 0.1) is 17.6 Å². The minimum Gasteiger partial charge on any atom is -0.317 e. The zero-order valence-electron chi connectivity index (χ0n) is 11.6. The Morgan fingerprint density at radius 1 is 1.14 bits per heavy atom. The molecule has 2 aliphatic rings. The molecule has 0 unspecified atom stereocenters. The molecule has 2 fully saturated rings. The maximum absolute atomic E-state index is 13.4. The van der Waals surface area contributed by atoms with Crippen molar-refractivity contribution >= 4 is 5.91 Å². The SMILES string of the molecule is O=C(C1CCNCC1)N1OCC[C@H]1c1cc(F)cc(F)c1. The van der Waals surface area contributed by atoms with Gasteiger partial charge in [-0.1, -0.05) is 0 Å². The Labute approximate surface area is 122 Å². The number of piperidine rings is 1. The van der Waals surface area contributed by atoms with Gasteiger partial charge in [0.05, 0.1) is 12.6 Å². The van der Waals surface area contributed by atoms with Gasteiger partial charge >= 0.3 is 0 Å². The summed E-state index contributed by atoms with van der Waals surface area (Å²) in [5.74, 6) is -1.42. The molecule has 3 rings (SSSR count). The second-order valence-corrected chi connectivity index (χ2v) is 5.53. The van der Waals surface area contributed by atoms with Crippen LogP contribution in [0.1, 0.15) is 30.9 Å². The monoisotopic (exact) mass is 296 g/mol. The number of nitrogens with one attached hydrogen (secondary N) is 1. The second kappa shape index (κ2) is 6.07. The minimum atomic E-state index is -0.633. The van der Waals surface area contributed by atoms with Crippen molar-refractivity contribution < 1.29 is 18.4 Å². The fourth-order valence-electron chi connectivity index (χ4n) is 3.01. The molecule has 0 saturated carbocycles. The van der Waals surface area contributed by atoms with Gasteiger partial charge in [-0.05, 0) is 43.6 Å². The van der Waals surface area contributed by atoms with Crippen molar-refractivity contribution in [3.63, 3.8) is 0 Å². The molecular weight excluding hydrogens is 278 g/mol. The van der Waals surface area contributed by atoms with Gasteiger partial charge in [-0.3, -0.25) is 9.63 Å². The van der Waals surface area contributed by atoms with Gasteiger partial charge in [0.2, 0.25) is 5.91 Å². The van der Waals surface area contributed by atoms with Crippen LogP contribution in [-0.4, -0.2) is 30.7 Å². The predicted molar refractivity (Wildman–Crippen MR) is 72.1 cm³/mol. The predicted octanol–water partition coefficient (Wildman–Crippen LogP) is 2.17. The molecule has 21 heavy (non-hydrogen) atoms. The van der Waals surface area contributed by atoms with E-state index >= 15 is 0 Å². The van der Waals surface area contributed by atoms with E-state index in [-0.39, 0.29) is 11.8 Å². The van der Waals surface area contributed by atoms with Crippen molar-refractivity contribution in [2.45, 2.75) is 25.3 Å². The molecule has 0 radical (unpaired) electrons. The fourth-order valence-corrected chi connectivity index (χ4v) is 3.01. The Hall–Kier alpha value is -1.53. The number of nitrogens with zero attached hydrogens (tertiary/aromatic N) is 1. The zero-order chi connectivity index (χ0) is 14.8. The van der Waals surface area contributed by atoms with E-state index in [0.29, 0.717) is 18.6 Å². The van der Waals surface area contributed by atoms with Gasteiger partial charge in [0.25, 0.3) is 0 Å². The number of rotatable bonds is 2. The lowest BCUT2D eigenvalue weighted by Crippen LogP contribution is -2.40. The summed E-state index contributed by atoms with van der Waals surface area (Å²) in [6, 6.07) is 2.96. The average molecular weight is 296 g/mol. The Bertz CT molecular complexity index is 512. The van der Waals surface area contributed by atoms with Gasteiger partial charge < -0.3 is 5.32 Å². The topological polar surface area (TPSA) is 41.6 Å². The summed E-state index contributed by atoms with van der Waals surface area (Å²) in [5, 5.41) is 4.53. The third-order valence-electron chi connectivity index (χ3n) is 4.08. The largest absolute Gasteiger partial charge is 0.317 e. The number of hydrogen-bond donors (Lipinski definition) is 1. The normalized spacial score (nSPS) is 23.5. The van der Waals surface area contributed by atoms with E-state index in [1.54, 1.807) is 0 Å². The maximum Gasteiger partial charge on any atom is 0.249 e. The van der Waals surface area contributed by atoms with Gasteiger partial charge in [-0.25, -0.2) is 13.8 Å². The van der Waals surface area contributed by atoms with Gasteiger partial charge in [0, 0.05) is 18.4 Å². The number of carbonyl (C=O) groups excluding carboxylic acids is 1. The molecule has 0 spiro atoms. The second-order valence-electron chi connectivity index (χ2n) is 5.53. The smallest absolute Gasteiger partial charge is 0.249 e. The van der Waals surface area contributed by atoms with Crippen LogP contribution in [0.4, 0.5) is 8.78 Å². The standard InChI is InChI=1S/C15H18F2N2O2/c16-12-7-11(8-13(17)9-12)14-3-6-21-19(14)15(20)10-1-4-18-5-2-10/h7-10,14,18H,1-6H2/t14-/m0/s1. The number of halogens is 2. The molecule has 2 saturated heterocycles. The highest BCUT2D eigenvalue weighted by atomic mass is 19.1. The first-order valence-corrected chi connectivity index (χ1v) is 7.28. The lowest BCUT2D eigenvalue weighted by atomic mass is 9.95. The molecule has 1 amide bonds. The highest BCUT2D eigenvalue weighted by molar-refractivity contribution is 5.78. The lowest BCUT2D eigenvalue weighted by Gasteiger charge is -2.29. The molecule has 114 valence electrons. The van der Waals surface area contributed by atoms with Crippen LogP contribution in [-0.2, 0) is 9.63 Å². The Kier molecular flexibility index (Phi) is 4.17. The summed E-state index contributed by atoms with van der Waals surface area (Å²) in [6.07, 6.45) is 2.09. The third-order valence-corrected chi connectivity index (χ3v) is 4.08.